The molecule has 1 atom stereocenters. The Hall–Kier alpha value is -2.11. The monoisotopic (exact) mass is 252 g/mol. The molecule has 1 aromatic rings. The van der Waals surface area contributed by atoms with Crippen LogP contribution in [0.5, 0.6) is 5.75 Å². The van der Waals surface area contributed by atoms with Crippen molar-refractivity contribution in [2.24, 2.45) is 0 Å². The van der Waals surface area contributed by atoms with E-state index in [0.717, 1.165) is 12.5 Å². The van der Waals surface area contributed by atoms with Crippen molar-refractivity contribution in [1.82, 2.24) is 10.6 Å². The Morgan fingerprint density at radius 2 is 2.28 bits per heavy atom. The van der Waals surface area contributed by atoms with Crippen LogP contribution in [0.1, 0.15) is 23.2 Å². The largest absolute Gasteiger partial charge is 0.508 e. The zero-order valence-electron chi connectivity index (χ0n) is 9.57. The highest BCUT2D eigenvalue weighted by Gasteiger charge is 2.25. The lowest BCUT2D eigenvalue weighted by Crippen LogP contribution is -2.50. The minimum absolute atomic E-state index is 0.189. The first kappa shape index (κ1) is 12.3. The Balaban J connectivity index is 2.09. The number of hydrogen-bond acceptors (Lipinski definition) is 3. The second-order valence-corrected chi connectivity index (χ2v) is 4.12. The molecular formula is C12H13FN2O3. The van der Waals surface area contributed by atoms with Crippen LogP contribution in [0.4, 0.5) is 4.39 Å². The van der Waals surface area contributed by atoms with Gasteiger partial charge in [0.15, 0.2) is 0 Å². The molecular weight excluding hydrogens is 239 g/mol. The van der Waals surface area contributed by atoms with Gasteiger partial charge in [-0.25, -0.2) is 4.39 Å². The number of nitrogens with one attached hydrogen (secondary N) is 2. The third kappa shape index (κ3) is 2.58. The van der Waals surface area contributed by atoms with Gasteiger partial charge in [0.2, 0.25) is 5.91 Å². The van der Waals surface area contributed by atoms with Crippen LogP contribution in [0.3, 0.4) is 0 Å². The molecule has 1 fully saturated rings. The second kappa shape index (κ2) is 5.03. The molecule has 6 heteroatoms. The second-order valence-electron chi connectivity index (χ2n) is 4.12. The highest BCUT2D eigenvalue weighted by atomic mass is 19.1. The van der Waals surface area contributed by atoms with E-state index in [1.54, 1.807) is 0 Å². The topological polar surface area (TPSA) is 78.4 Å². The van der Waals surface area contributed by atoms with Crippen molar-refractivity contribution < 1.29 is 19.1 Å². The Kier molecular flexibility index (Phi) is 3.45. The van der Waals surface area contributed by atoms with Gasteiger partial charge < -0.3 is 15.7 Å². The fourth-order valence-corrected chi connectivity index (χ4v) is 1.83. The lowest BCUT2D eigenvalue weighted by molar-refractivity contribution is -0.124. The van der Waals surface area contributed by atoms with Crippen molar-refractivity contribution in [3.8, 4) is 5.75 Å². The molecule has 0 saturated carbocycles. The van der Waals surface area contributed by atoms with E-state index in [2.05, 4.69) is 10.6 Å². The fourth-order valence-electron chi connectivity index (χ4n) is 1.83. The van der Waals surface area contributed by atoms with Crippen LogP contribution in [0.2, 0.25) is 0 Å². The van der Waals surface area contributed by atoms with Crippen molar-refractivity contribution in [2.75, 3.05) is 6.54 Å². The first-order chi connectivity index (χ1) is 8.58. The summed E-state index contributed by atoms with van der Waals surface area (Å²) in [5, 5.41) is 14.1. The zero-order chi connectivity index (χ0) is 13.1. The molecule has 0 aromatic heterocycles. The first-order valence-corrected chi connectivity index (χ1v) is 5.65. The summed E-state index contributed by atoms with van der Waals surface area (Å²) in [6, 6.07) is 2.63. The number of amides is 2. The van der Waals surface area contributed by atoms with Gasteiger partial charge >= 0.3 is 0 Å². The standard InChI is InChI=1S/C12H13FN2O3/c13-9-6-7(16)3-4-8(9)11(17)15-10-2-1-5-14-12(10)18/h3-4,6,10,16H,1-2,5H2,(H,14,18)(H,15,17). The fraction of sp³-hybridized carbons (Fsp3) is 0.333. The Morgan fingerprint density at radius 3 is 2.94 bits per heavy atom. The van der Waals surface area contributed by atoms with E-state index < -0.39 is 17.8 Å². The van der Waals surface area contributed by atoms with Crippen LogP contribution < -0.4 is 10.6 Å². The minimum atomic E-state index is -0.816. The van der Waals surface area contributed by atoms with Gasteiger partial charge in [0.05, 0.1) is 5.56 Å². The highest BCUT2D eigenvalue weighted by molar-refractivity contribution is 5.98. The maximum atomic E-state index is 13.4. The van der Waals surface area contributed by atoms with Crippen molar-refractivity contribution in [3.05, 3.63) is 29.6 Å². The number of halogens is 1. The van der Waals surface area contributed by atoms with Crippen molar-refractivity contribution in [2.45, 2.75) is 18.9 Å². The summed E-state index contributed by atoms with van der Waals surface area (Å²) in [4.78, 5) is 23.2. The highest BCUT2D eigenvalue weighted by Crippen LogP contribution is 2.15. The summed E-state index contributed by atoms with van der Waals surface area (Å²) >= 11 is 0. The summed E-state index contributed by atoms with van der Waals surface area (Å²) in [5.74, 6) is -1.98. The van der Waals surface area contributed by atoms with Crippen LogP contribution in [0.25, 0.3) is 0 Å². The van der Waals surface area contributed by atoms with Gasteiger partial charge in [0.1, 0.15) is 17.6 Å². The Labute approximate surface area is 103 Å². The molecule has 18 heavy (non-hydrogen) atoms. The molecule has 0 radical (unpaired) electrons. The lowest BCUT2D eigenvalue weighted by atomic mass is 10.1. The number of carbonyl (C=O) groups excluding carboxylic acids is 2. The van der Waals surface area contributed by atoms with E-state index in [-0.39, 0.29) is 17.2 Å². The smallest absolute Gasteiger partial charge is 0.254 e. The number of carbonyl (C=O) groups is 2. The molecule has 5 nitrogen and oxygen atoms in total. The zero-order valence-corrected chi connectivity index (χ0v) is 9.57. The van der Waals surface area contributed by atoms with E-state index in [1.807, 2.05) is 0 Å². The van der Waals surface area contributed by atoms with Gasteiger partial charge in [-0.05, 0) is 25.0 Å². The molecule has 2 rings (SSSR count). The first-order valence-electron chi connectivity index (χ1n) is 5.65. The van der Waals surface area contributed by atoms with Crippen LogP contribution in [-0.4, -0.2) is 29.5 Å². The predicted molar refractivity (Wildman–Crippen MR) is 61.6 cm³/mol. The third-order valence-corrected chi connectivity index (χ3v) is 2.79. The summed E-state index contributed by atoms with van der Waals surface area (Å²) in [5.41, 5.74) is -0.189. The lowest BCUT2D eigenvalue weighted by Gasteiger charge is -2.22. The Morgan fingerprint density at radius 1 is 1.50 bits per heavy atom. The number of phenols is 1. The molecule has 1 unspecified atom stereocenters. The number of aromatic hydroxyl groups is 1. The quantitative estimate of drug-likeness (QED) is 0.718. The van der Waals surface area contributed by atoms with E-state index in [4.69, 9.17) is 5.11 Å². The molecule has 2 amide bonds. The van der Waals surface area contributed by atoms with Crippen LogP contribution in [0.15, 0.2) is 18.2 Å². The van der Waals surface area contributed by atoms with Gasteiger partial charge in [-0.2, -0.15) is 0 Å². The summed E-state index contributed by atoms with van der Waals surface area (Å²) in [6.45, 7) is 0.596. The number of benzene rings is 1. The third-order valence-electron chi connectivity index (χ3n) is 2.79. The van der Waals surface area contributed by atoms with E-state index in [1.165, 1.54) is 12.1 Å². The van der Waals surface area contributed by atoms with E-state index in [9.17, 15) is 14.0 Å². The molecule has 96 valence electrons. The summed E-state index contributed by atoms with van der Waals surface area (Å²) < 4.78 is 13.4. The van der Waals surface area contributed by atoms with E-state index >= 15 is 0 Å². The number of rotatable bonds is 2. The SMILES string of the molecule is O=C(NC1CCCNC1=O)c1ccc(O)cc1F. The van der Waals surface area contributed by atoms with Crippen LogP contribution in [0, 0.1) is 5.82 Å². The average molecular weight is 252 g/mol. The molecule has 1 aromatic carbocycles. The molecule has 1 heterocycles. The summed E-state index contributed by atoms with van der Waals surface area (Å²) in [7, 11) is 0. The van der Waals surface area contributed by atoms with Gasteiger partial charge in [-0.3, -0.25) is 9.59 Å². The van der Waals surface area contributed by atoms with Crippen LogP contribution in [-0.2, 0) is 4.79 Å². The van der Waals surface area contributed by atoms with Gasteiger partial charge in [0.25, 0.3) is 5.91 Å². The van der Waals surface area contributed by atoms with Gasteiger partial charge in [-0.1, -0.05) is 0 Å². The van der Waals surface area contributed by atoms with Crippen LogP contribution >= 0.6 is 0 Å². The minimum Gasteiger partial charge on any atom is -0.508 e. The molecule has 1 aliphatic rings. The van der Waals surface area contributed by atoms with Crippen molar-refractivity contribution in [1.29, 1.82) is 0 Å². The maximum absolute atomic E-state index is 13.4. The van der Waals surface area contributed by atoms with E-state index in [0.29, 0.717) is 13.0 Å². The average Bonchev–Trinajstić information content (AvgIpc) is 2.32. The predicted octanol–water partition coefficient (Wildman–Crippen LogP) is 0.540. The number of piperidine rings is 1. The summed E-state index contributed by atoms with van der Waals surface area (Å²) in [6.07, 6.45) is 1.31. The number of hydrogen-bond donors (Lipinski definition) is 3. The van der Waals surface area contributed by atoms with Crippen molar-refractivity contribution >= 4 is 11.8 Å². The van der Waals surface area contributed by atoms with Gasteiger partial charge in [-0.15, -0.1) is 0 Å². The molecule has 0 spiro atoms. The Bertz CT molecular complexity index is 490. The molecule has 3 N–H and O–H groups in total. The number of phenolic OH excluding ortho intramolecular Hbond substituents is 1. The molecule has 0 bridgehead atoms. The molecule has 1 saturated heterocycles. The molecule has 1 aliphatic heterocycles. The van der Waals surface area contributed by atoms with Crippen molar-refractivity contribution in [3.63, 3.8) is 0 Å². The van der Waals surface area contributed by atoms with Gasteiger partial charge in [0, 0.05) is 12.6 Å². The normalized spacial score (nSPS) is 19.2. The molecule has 0 aliphatic carbocycles. The maximum Gasteiger partial charge on any atom is 0.254 e.